The molecule has 1 unspecified atom stereocenters. The Balaban J connectivity index is 1.86. The van der Waals surface area contributed by atoms with Crippen molar-refractivity contribution in [3.8, 4) is 0 Å². The van der Waals surface area contributed by atoms with E-state index in [-0.39, 0.29) is 24.7 Å². The van der Waals surface area contributed by atoms with Crippen LogP contribution < -0.4 is 5.32 Å². The van der Waals surface area contributed by atoms with Crippen LogP contribution in [0.2, 0.25) is 0 Å². The molecule has 2 amide bonds. The van der Waals surface area contributed by atoms with Gasteiger partial charge in [-0.15, -0.1) is 0 Å². The number of piperidine rings is 1. The Morgan fingerprint density at radius 3 is 2.75 bits per heavy atom. The van der Waals surface area contributed by atoms with E-state index in [1.807, 2.05) is 31.2 Å². The number of aliphatic carboxylic acids is 1. The summed E-state index contributed by atoms with van der Waals surface area (Å²) in [6.45, 7) is 2.49. The number of carboxylic acids is 1. The number of hydrogen-bond acceptors (Lipinski definition) is 3. The Morgan fingerprint density at radius 2 is 2.04 bits per heavy atom. The van der Waals surface area contributed by atoms with E-state index in [4.69, 9.17) is 0 Å². The molecule has 0 aliphatic carbocycles. The third kappa shape index (κ3) is 4.81. The fraction of sp³-hybridized carbons (Fsp3) is 0.500. The number of anilines is 1. The van der Waals surface area contributed by atoms with Crippen molar-refractivity contribution in [3.63, 3.8) is 0 Å². The maximum atomic E-state index is 12.3. The molecule has 1 aromatic carbocycles. The van der Waals surface area contributed by atoms with E-state index in [9.17, 15) is 19.5 Å². The van der Waals surface area contributed by atoms with Crippen LogP contribution in [0.25, 0.3) is 0 Å². The largest absolute Gasteiger partial charge is 0.480 e. The average Bonchev–Trinajstić information content (AvgIpc) is 2.59. The van der Waals surface area contributed by atoms with Crippen LogP contribution in [-0.4, -0.2) is 40.4 Å². The Labute approximate surface area is 141 Å². The lowest BCUT2D eigenvalue weighted by Gasteiger charge is -2.33. The number of carboxylic acid groups (broad SMARTS) is 1. The molecule has 0 spiro atoms. The van der Waals surface area contributed by atoms with Crippen LogP contribution in [-0.2, 0) is 20.8 Å². The summed E-state index contributed by atoms with van der Waals surface area (Å²) < 4.78 is 0. The van der Waals surface area contributed by atoms with Crippen molar-refractivity contribution >= 4 is 23.5 Å². The van der Waals surface area contributed by atoms with Crippen LogP contribution in [0.3, 0.4) is 0 Å². The maximum absolute atomic E-state index is 12.3. The zero-order valence-corrected chi connectivity index (χ0v) is 14.0. The van der Waals surface area contributed by atoms with Crippen molar-refractivity contribution in [2.75, 3.05) is 11.9 Å². The van der Waals surface area contributed by atoms with Gasteiger partial charge in [-0.25, -0.2) is 4.79 Å². The van der Waals surface area contributed by atoms with Crippen LogP contribution in [0.15, 0.2) is 24.3 Å². The number of rotatable bonds is 6. The fourth-order valence-electron chi connectivity index (χ4n) is 2.94. The van der Waals surface area contributed by atoms with E-state index in [1.54, 1.807) is 0 Å². The van der Waals surface area contributed by atoms with Gasteiger partial charge in [0.05, 0.1) is 0 Å². The van der Waals surface area contributed by atoms with Crippen molar-refractivity contribution in [3.05, 3.63) is 29.8 Å². The van der Waals surface area contributed by atoms with Crippen molar-refractivity contribution < 1.29 is 19.5 Å². The number of nitrogens with zero attached hydrogens (tertiary/aromatic N) is 1. The Bertz CT molecular complexity index is 615. The van der Waals surface area contributed by atoms with E-state index >= 15 is 0 Å². The molecule has 1 fully saturated rings. The molecule has 6 nitrogen and oxygen atoms in total. The van der Waals surface area contributed by atoms with E-state index in [0.717, 1.165) is 24.8 Å². The molecule has 0 bridgehead atoms. The zero-order chi connectivity index (χ0) is 17.5. The number of benzene rings is 1. The van der Waals surface area contributed by atoms with Gasteiger partial charge in [-0.05, 0) is 43.4 Å². The smallest absolute Gasteiger partial charge is 0.326 e. The molecule has 24 heavy (non-hydrogen) atoms. The second kappa shape index (κ2) is 8.47. The van der Waals surface area contributed by atoms with E-state index in [0.29, 0.717) is 18.7 Å². The minimum Gasteiger partial charge on any atom is -0.480 e. The summed E-state index contributed by atoms with van der Waals surface area (Å²) >= 11 is 0. The number of amides is 2. The summed E-state index contributed by atoms with van der Waals surface area (Å²) in [6.07, 6.45) is 3.08. The Kier molecular flexibility index (Phi) is 6.35. The van der Waals surface area contributed by atoms with Crippen LogP contribution in [0.4, 0.5) is 5.69 Å². The van der Waals surface area contributed by atoms with E-state index in [1.165, 1.54) is 4.90 Å². The normalized spacial score (nSPS) is 17.4. The first kappa shape index (κ1) is 18.0. The molecule has 6 heteroatoms. The number of likely N-dealkylation sites (tertiary alicyclic amines) is 1. The van der Waals surface area contributed by atoms with Gasteiger partial charge in [-0.1, -0.05) is 19.1 Å². The third-order valence-corrected chi connectivity index (χ3v) is 4.29. The first-order chi connectivity index (χ1) is 11.5. The highest BCUT2D eigenvalue weighted by atomic mass is 16.4. The highest BCUT2D eigenvalue weighted by molar-refractivity contribution is 5.94. The SMILES string of the molecule is CCc1cccc(NC(=O)CCC(=O)N2CCCCC2C(=O)O)c1. The van der Waals surface area contributed by atoms with Gasteiger partial charge < -0.3 is 15.3 Å². The van der Waals surface area contributed by atoms with Crippen LogP contribution >= 0.6 is 0 Å². The van der Waals surface area contributed by atoms with Crippen LogP contribution in [0, 0.1) is 0 Å². The minimum atomic E-state index is -0.969. The van der Waals surface area contributed by atoms with Crippen molar-refractivity contribution in [1.82, 2.24) is 4.90 Å². The standard InChI is InChI=1S/C18H24N2O4/c1-2-13-6-5-7-14(12-13)19-16(21)9-10-17(22)20-11-4-3-8-15(20)18(23)24/h5-7,12,15H,2-4,8-11H2,1H3,(H,19,21)(H,23,24). The molecule has 0 saturated carbocycles. The lowest BCUT2D eigenvalue weighted by Crippen LogP contribution is -2.48. The molecule has 1 heterocycles. The number of carbonyl (C=O) groups excluding carboxylic acids is 2. The number of hydrogen-bond donors (Lipinski definition) is 2. The average molecular weight is 332 g/mol. The summed E-state index contributed by atoms with van der Waals surface area (Å²) in [4.78, 5) is 36.9. The highest BCUT2D eigenvalue weighted by Gasteiger charge is 2.31. The van der Waals surface area contributed by atoms with Gasteiger partial charge in [0.15, 0.2) is 0 Å². The minimum absolute atomic E-state index is 0.0308. The number of carbonyl (C=O) groups is 3. The van der Waals surface area contributed by atoms with Gasteiger partial charge in [-0.2, -0.15) is 0 Å². The quantitative estimate of drug-likeness (QED) is 0.837. The summed E-state index contributed by atoms with van der Waals surface area (Å²) in [6, 6.07) is 6.83. The van der Waals surface area contributed by atoms with Gasteiger partial charge in [0.2, 0.25) is 11.8 Å². The molecule has 2 N–H and O–H groups in total. The zero-order valence-electron chi connectivity index (χ0n) is 14.0. The second-order valence-electron chi connectivity index (χ2n) is 6.04. The van der Waals surface area contributed by atoms with E-state index in [2.05, 4.69) is 5.32 Å². The highest BCUT2D eigenvalue weighted by Crippen LogP contribution is 2.19. The van der Waals surface area contributed by atoms with Gasteiger partial charge in [0, 0.05) is 25.1 Å². The molecule has 0 aromatic heterocycles. The first-order valence-corrected chi connectivity index (χ1v) is 8.42. The molecule has 1 atom stereocenters. The number of nitrogens with one attached hydrogen (secondary N) is 1. The lowest BCUT2D eigenvalue weighted by atomic mass is 10.0. The molecule has 1 saturated heterocycles. The topological polar surface area (TPSA) is 86.7 Å². The predicted molar refractivity (Wildman–Crippen MR) is 90.7 cm³/mol. The van der Waals surface area contributed by atoms with Crippen molar-refractivity contribution in [1.29, 1.82) is 0 Å². The molecule has 1 aliphatic heterocycles. The third-order valence-electron chi connectivity index (χ3n) is 4.29. The Morgan fingerprint density at radius 1 is 1.25 bits per heavy atom. The lowest BCUT2D eigenvalue weighted by molar-refractivity contribution is -0.152. The molecule has 2 rings (SSSR count). The molecular weight excluding hydrogens is 308 g/mol. The van der Waals surface area contributed by atoms with Crippen LogP contribution in [0.1, 0.15) is 44.6 Å². The molecule has 1 aliphatic rings. The van der Waals surface area contributed by atoms with Gasteiger partial charge in [0.1, 0.15) is 6.04 Å². The first-order valence-electron chi connectivity index (χ1n) is 8.42. The molecular formula is C18H24N2O4. The van der Waals surface area contributed by atoms with Gasteiger partial charge >= 0.3 is 5.97 Å². The van der Waals surface area contributed by atoms with Gasteiger partial charge in [-0.3, -0.25) is 9.59 Å². The predicted octanol–water partition coefficient (Wildman–Crippen LogP) is 2.43. The van der Waals surface area contributed by atoms with Crippen molar-refractivity contribution in [2.24, 2.45) is 0 Å². The summed E-state index contributed by atoms with van der Waals surface area (Å²) in [7, 11) is 0. The maximum Gasteiger partial charge on any atom is 0.326 e. The second-order valence-corrected chi connectivity index (χ2v) is 6.04. The molecule has 1 aromatic rings. The summed E-state index contributed by atoms with van der Waals surface area (Å²) in [5.74, 6) is -1.47. The summed E-state index contributed by atoms with van der Waals surface area (Å²) in [5.41, 5.74) is 1.84. The van der Waals surface area contributed by atoms with Crippen LogP contribution in [0.5, 0.6) is 0 Å². The van der Waals surface area contributed by atoms with E-state index < -0.39 is 12.0 Å². The monoisotopic (exact) mass is 332 g/mol. The van der Waals surface area contributed by atoms with Crippen molar-refractivity contribution in [2.45, 2.75) is 51.5 Å². The fourth-order valence-corrected chi connectivity index (χ4v) is 2.94. The number of aryl methyl sites for hydroxylation is 1. The summed E-state index contributed by atoms with van der Waals surface area (Å²) in [5, 5.41) is 12.0. The molecule has 0 radical (unpaired) electrons. The molecule has 130 valence electrons. The van der Waals surface area contributed by atoms with Gasteiger partial charge in [0.25, 0.3) is 0 Å². The Hall–Kier alpha value is -2.37.